The van der Waals surface area contributed by atoms with Gasteiger partial charge in [-0.25, -0.2) is 4.98 Å². The summed E-state index contributed by atoms with van der Waals surface area (Å²) in [7, 11) is 1.80. The van der Waals surface area contributed by atoms with E-state index >= 15 is 0 Å². The number of aromatic nitrogens is 1. The van der Waals surface area contributed by atoms with E-state index < -0.39 is 0 Å². The minimum Gasteiger partial charge on any atom is -0.354 e. The van der Waals surface area contributed by atoms with Crippen LogP contribution in [0.1, 0.15) is 28.8 Å². The zero-order chi connectivity index (χ0) is 15.8. The quantitative estimate of drug-likeness (QED) is 0.636. The van der Waals surface area contributed by atoms with Crippen LogP contribution in [0.3, 0.4) is 0 Å². The van der Waals surface area contributed by atoms with Gasteiger partial charge in [-0.05, 0) is 32.3 Å². The van der Waals surface area contributed by atoms with Gasteiger partial charge in [-0.15, -0.1) is 11.3 Å². The van der Waals surface area contributed by atoms with Crippen LogP contribution in [0.4, 0.5) is 0 Å². The van der Waals surface area contributed by atoms with Crippen LogP contribution in [0.25, 0.3) is 0 Å². The number of hydrogen-bond donors (Lipinski definition) is 2. The molecule has 0 bridgehead atoms. The lowest BCUT2D eigenvalue weighted by Gasteiger charge is -2.17. The minimum atomic E-state index is 0.370. The Morgan fingerprint density at radius 2 is 2.09 bits per heavy atom. The van der Waals surface area contributed by atoms with E-state index in [1.807, 2.05) is 13.1 Å². The molecule has 1 aromatic carbocycles. The third kappa shape index (κ3) is 5.48. The van der Waals surface area contributed by atoms with Gasteiger partial charge in [0.15, 0.2) is 5.96 Å². The molecule has 118 valence electrons. The maximum absolute atomic E-state index is 4.28. The standard InChI is InChI=1S/C17H24N4S/c1-13(9-10-15-7-5-4-6-8-15)21-17(18-3)20-12-16-11-19-14(2)22-16/h4-8,11,13H,9-10,12H2,1-3H3,(H2,18,20,21). The van der Waals surface area contributed by atoms with Crippen molar-refractivity contribution in [1.82, 2.24) is 15.6 Å². The van der Waals surface area contributed by atoms with Crippen molar-refractivity contribution < 1.29 is 0 Å². The topological polar surface area (TPSA) is 49.3 Å². The molecule has 0 spiro atoms. The van der Waals surface area contributed by atoms with Crippen LogP contribution >= 0.6 is 11.3 Å². The molecule has 2 rings (SSSR count). The lowest BCUT2D eigenvalue weighted by Crippen LogP contribution is -2.41. The molecule has 5 heteroatoms. The second kappa shape index (κ2) is 8.54. The second-order valence-electron chi connectivity index (χ2n) is 5.34. The maximum atomic E-state index is 4.28. The zero-order valence-electron chi connectivity index (χ0n) is 13.5. The maximum Gasteiger partial charge on any atom is 0.191 e. The third-order valence-electron chi connectivity index (χ3n) is 3.41. The van der Waals surface area contributed by atoms with Gasteiger partial charge in [-0.3, -0.25) is 4.99 Å². The molecule has 1 aromatic heterocycles. The van der Waals surface area contributed by atoms with Gasteiger partial charge in [-0.2, -0.15) is 0 Å². The number of thiazole rings is 1. The Balaban J connectivity index is 1.74. The van der Waals surface area contributed by atoms with Gasteiger partial charge in [0.25, 0.3) is 0 Å². The number of nitrogens with one attached hydrogen (secondary N) is 2. The molecule has 0 aliphatic heterocycles. The van der Waals surface area contributed by atoms with Gasteiger partial charge in [0.2, 0.25) is 0 Å². The number of aliphatic imine (C=N–C) groups is 1. The number of aryl methyl sites for hydroxylation is 2. The Hall–Kier alpha value is -1.88. The molecule has 22 heavy (non-hydrogen) atoms. The fourth-order valence-corrected chi connectivity index (χ4v) is 2.92. The molecule has 0 saturated heterocycles. The largest absolute Gasteiger partial charge is 0.354 e. The predicted octanol–water partition coefficient (Wildman–Crippen LogP) is 3.14. The molecular formula is C17H24N4S. The summed E-state index contributed by atoms with van der Waals surface area (Å²) in [5.74, 6) is 0.839. The first-order valence-electron chi connectivity index (χ1n) is 7.60. The van der Waals surface area contributed by atoms with E-state index in [9.17, 15) is 0 Å². The van der Waals surface area contributed by atoms with E-state index in [-0.39, 0.29) is 0 Å². The van der Waals surface area contributed by atoms with Gasteiger partial charge in [0, 0.05) is 24.2 Å². The lowest BCUT2D eigenvalue weighted by molar-refractivity contribution is 0.593. The fraction of sp³-hybridized carbons (Fsp3) is 0.412. The monoisotopic (exact) mass is 316 g/mol. The highest BCUT2D eigenvalue weighted by Gasteiger charge is 2.06. The number of benzene rings is 1. The molecule has 0 radical (unpaired) electrons. The molecule has 0 amide bonds. The Bertz CT molecular complexity index is 592. The first-order valence-corrected chi connectivity index (χ1v) is 8.41. The van der Waals surface area contributed by atoms with Crippen LogP contribution in [0.5, 0.6) is 0 Å². The zero-order valence-corrected chi connectivity index (χ0v) is 14.3. The summed E-state index contributed by atoms with van der Waals surface area (Å²) in [6.07, 6.45) is 4.06. The molecule has 4 nitrogen and oxygen atoms in total. The van der Waals surface area contributed by atoms with Crippen molar-refractivity contribution in [2.24, 2.45) is 4.99 Å². The molecule has 0 aliphatic carbocycles. The third-order valence-corrected chi connectivity index (χ3v) is 4.33. The molecule has 1 atom stereocenters. The Morgan fingerprint density at radius 3 is 2.73 bits per heavy atom. The smallest absolute Gasteiger partial charge is 0.191 e. The number of guanidine groups is 1. The highest BCUT2D eigenvalue weighted by molar-refractivity contribution is 7.11. The van der Waals surface area contributed by atoms with E-state index in [1.165, 1.54) is 10.4 Å². The van der Waals surface area contributed by atoms with Crippen LogP contribution in [-0.2, 0) is 13.0 Å². The van der Waals surface area contributed by atoms with E-state index in [0.717, 1.165) is 30.4 Å². The first kappa shape index (κ1) is 16.5. The van der Waals surface area contributed by atoms with Gasteiger partial charge < -0.3 is 10.6 Å². The van der Waals surface area contributed by atoms with Gasteiger partial charge in [0.1, 0.15) is 0 Å². The van der Waals surface area contributed by atoms with Gasteiger partial charge in [-0.1, -0.05) is 30.3 Å². The predicted molar refractivity (Wildman–Crippen MR) is 94.4 cm³/mol. The number of hydrogen-bond acceptors (Lipinski definition) is 3. The second-order valence-corrected chi connectivity index (χ2v) is 6.66. The van der Waals surface area contributed by atoms with E-state index in [1.54, 1.807) is 18.4 Å². The SMILES string of the molecule is CN=C(NCc1cnc(C)s1)NC(C)CCc1ccccc1. The van der Waals surface area contributed by atoms with Crippen LogP contribution < -0.4 is 10.6 Å². The Labute approximate surface area is 136 Å². The van der Waals surface area contributed by atoms with Crippen LogP contribution in [0.2, 0.25) is 0 Å². The molecule has 0 aliphatic rings. The van der Waals surface area contributed by atoms with E-state index in [4.69, 9.17) is 0 Å². The van der Waals surface area contributed by atoms with E-state index in [0.29, 0.717) is 6.04 Å². The van der Waals surface area contributed by atoms with Crippen molar-refractivity contribution in [1.29, 1.82) is 0 Å². The van der Waals surface area contributed by atoms with Crippen molar-refractivity contribution in [3.63, 3.8) is 0 Å². The normalized spacial score (nSPS) is 13.0. The van der Waals surface area contributed by atoms with Crippen molar-refractivity contribution in [3.8, 4) is 0 Å². The summed E-state index contributed by atoms with van der Waals surface area (Å²) in [6, 6.07) is 10.9. The summed E-state index contributed by atoms with van der Waals surface area (Å²) < 4.78 is 0. The average Bonchev–Trinajstić information content (AvgIpc) is 2.96. The van der Waals surface area contributed by atoms with Crippen molar-refractivity contribution >= 4 is 17.3 Å². The first-order chi connectivity index (χ1) is 10.7. The molecule has 1 unspecified atom stereocenters. The fourth-order valence-electron chi connectivity index (χ4n) is 2.19. The Morgan fingerprint density at radius 1 is 1.32 bits per heavy atom. The average molecular weight is 316 g/mol. The minimum absolute atomic E-state index is 0.370. The van der Waals surface area contributed by atoms with Crippen LogP contribution in [0, 0.1) is 6.92 Å². The summed E-state index contributed by atoms with van der Waals surface area (Å²) in [6.45, 7) is 4.97. The summed E-state index contributed by atoms with van der Waals surface area (Å²) in [5, 5.41) is 7.87. The van der Waals surface area contributed by atoms with Gasteiger partial charge >= 0.3 is 0 Å². The Kier molecular flexibility index (Phi) is 6.40. The molecule has 0 saturated carbocycles. The lowest BCUT2D eigenvalue weighted by atomic mass is 10.1. The van der Waals surface area contributed by atoms with Crippen LogP contribution in [-0.4, -0.2) is 24.0 Å². The number of rotatable bonds is 6. The van der Waals surface area contributed by atoms with E-state index in [2.05, 4.69) is 57.9 Å². The summed E-state index contributed by atoms with van der Waals surface area (Å²) in [4.78, 5) is 9.77. The number of nitrogens with zero attached hydrogens (tertiary/aromatic N) is 2. The van der Waals surface area contributed by atoms with Gasteiger partial charge in [0.05, 0.1) is 11.6 Å². The summed E-state index contributed by atoms with van der Waals surface area (Å²) in [5.41, 5.74) is 1.37. The highest BCUT2D eigenvalue weighted by Crippen LogP contribution is 2.10. The summed E-state index contributed by atoms with van der Waals surface area (Å²) >= 11 is 1.71. The van der Waals surface area contributed by atoms with Crippen molar-refractivity contribution in [2.45, 2.75) is 39.3 Å². The highest BCUT2D eigenvalue weighted by atomic mass is 32.1. The van der Waals surface area contributed by atoms with Crippen molar-refractivity contribution in [2.75, 3.05) is 7.05 Å². The van der Waals surface area contributed by atoms with Crippen LogP contribution in [0.15, 0.2) is 41.5 Å². The molecular weight excluding hydrogens is 292 g/mol. The molecule has 2 N–H and O–H groups in total. The molecule has 2 aromatic rings. The molecule has 0 fully saturated rings. The molecule has 1 heterocycles. The van der Waals surface area contributed by atoms with Crippen molar-refractivity contribution in [3.05, 3.63) is 52.0 Å².